The van der Waals surface area contributed by atoms with Crippen LogP contribution in [0, 0.1) is 5.92 Å². The molecule has 0 spiro atoms. The number of hydrogen-bond donors (Lipinski definition) is 2. The van der Waals surface area contributed by atoms with Crippen molar-refractivity contribution in [1.29, 1.82) is 0 Å². The van der Waals surface area contributed by atoms with Gasteiger partial charge >= 0.3 is 0 Å². The van der Waals surface area contributed by atoms with Crippen LogP contribution in [0.4, 0.5) is 0 Å². The van der Waals surface area contributed by atoms with E-state index in [1.165, 1.54) is 0 Å². The molecule has 1 aromatic carbocycles. The molecule has 1 fully saturated rings. The van der Waals surface area contributed by atoms with Gasteiger partial charge in [-0.25, -0.2) is 0 Å². The Kier molecular flexibility index (Phi) is 6.85. The fraction of sp³-hybridized carbons (Fsp3) is 0.700. The highest BCUT2D eigenvalue weighted by Crippen LogP contribution is 2.40. The average molecular weight is 367 g/mol. The minimum atomic E-state index is -1.90. The monoisotopic (exact) mass is 366 g/mol. The van der Waals surface area contributed by atoms with Crippen LogP contribution >= 0.6 is 0 Å². The lowest BCUT2D eigenvalue weighted by Gasteiger charge is -2.44. The van der Waals surface area contributed by atoms with Gasteiger partial charge in [0.15, 0.2) is 8.32 Å². The van der Waals surface area contributed by atoms with Crippen molar-refractivity contribution in [3.63, 3.8) is 0 Å². The van der Waals surface area contributed by atoms with E-state index in [2.05, 4.69) is 33.9 Å². The lowest BCUT2D eigenvalue weighted by molar-refractivity contribution is -0.116. The van der Waals surface area contributed by atoms with E-state index in [1.807, 2.05) is 30.3 Å². The number of benzene rings is 1. The maximum Gasteiger partial charge on any atom is 0.192 e. The first-order chi connectivity index (χ1) is 11.6. The summed E-state index contributed by atoms with van der Waals surface area (Å²) in [7, 11) is -1.90. The first-order valence-electron chi connectivity index (χ1n) is 9.26. The minimum absolute atomic E-state index is 0.0144. The average Bonchev–Trinajstić information content (AvgIpc) is 2.52. The summed E-state index contributed by atoms with van der Waals surface area (Å²) in [6, 6.07) is 10.0. The molecule has 0 aromatic heterocycles. The van der Waals surface area contributed by atoms with Crippen molar-refractivity contribution in [2.24, 2.45) is 5.92 Å². The van der Waals surface area contributed by atoms with Gasteiger partial charge in [0.05, 0.1) is 25.4 Å². The molecule has 0 bridgehead atoms. The zero-order valence-electron chi connectivity index (χ0n) is 16.2. The number of rotatable bonds is 6. The third kappa shape index (κ3) is 5.38. The standard InChI is InChI=1S/C20H34O4Si/c1-20(2,3)25(4,5)24-16-11-18(22)17(13-21)19(12-16)23-14-15-9-7-6-8-10-15/h6-10,16-19,21-22H,11-14H2,1-5H3/t16-,17+,18-,19+/m0/s1. The first-order valence-corrected chi connectivity index (χ1v) is 12.2. The summed E-state index contributed by atoms with van der Waals surface area (Å²) in [5.74, 6) is -0.247. The van der Waals surface area contributed by atoms with E-state index in [9.17, 15) is 10.2 Å². The van der Waals surface area contributed by atoms with Crippen molar-refractivity contribution in [1.82, 2.24) is 0 Å². The van der Waals surface area contributed by atoms with Gasteiger partial charge in [0.25, 0.3) is 0 Å². The van der Waals surface area contributed by atoms with Gasteiger partial charge in [0.2, 0.25) is 0 Å². The lowest BCUT2D eigenvalue weighted by atomic mass is 9.83. The Morgan fingerprint density at radius 1 is 1.12 bits per heavy atom. The molecule has 2 rings (SSSR count). The van der Waals surface area contributed by atoms with Crippen LogP contribution in [0.5, 0.6) is 0 Å². The third-order valence-electron chi connectivity index (χ3n) is 5.76. The lowest BCUT2D eigenvalue weighted by Crippen LogP contribution is -2.51. The van der Waals surface area contributed by atoms with E-state index in [-0.39, 0.29) is 29.8 Å². The SMILES string of the molecule is CC(C)(C)[Si](C)(C)O[C@H]1C[C@H](O)[C@@H](CO)[C@H](OCc2ccccc2)C1. The third-order valence-corrected chi connectivity index (χ3v) is 10.3. The zero-order valence-corrected chi connectivity index (χ0v) is 17.2. The van der Waals surface area contributed by atoms with Gasteiger partial charge in [-0.05, 0) is 36.5 Å². The summed E-state index contributed by atoms with van der Waals surface area (Å²) in [6.07, 6.45) is 0.502. The molecule has 25 heavy (non-hydrogen) atoms. The highest BCUT2D eigenvalue weighted by Gasteiger charge is 2.43. The molecule has 1 saturated carbocycles. The van der Waals surface area contributed by atoms with Gasteiger partial charge in [-0.2, -0.15) is 0 Å². The summed E-state index contributed by atoms with van der Waals surface area (Å²) < 4.78 is 12.6. The van der Waals surface area contributed by atoms with Crippen LogP contribution in [0.3, 0.4) is 0 Å². The Bertz CT molecular complexity index is 526. The van der Waals surface area contributed by atoms with Crippen LogP contribution in [0.25, 0.3) is 0 Å². The molecule has 0 heterocycles. The van der Waals surface area contributed by atoms with Gasteiger partial charge in [-0.1, -0.05) is 51.1 Å². The van der Waals surface area contributed by atoms with Crippen molar-refractivity contribution in [3.8, 4) is 0 Å². The molecule has 1 aromatic rings. The van der Waals surface area contributed by atoms with E-state index >= 15 is 0 Å². The van der Waals surface area contributed by atoms with Crippen LogP contribution < -0.4 is 0 Å². The molecule has 4 nitrogen and oxygen atoms in total. The molecule has 5 heteroatoms. The molecule has 1 aliphatic carbocycles. The van der Waals surface area contributed by atoms with Crippen molar-refractivity contribution >= 4 is 8.32 Å². The maximum atomic E-state index is 10.5. The predicted octanol–water partition coefficient (Wildman–Crippen LogP) is 3.73. The van der Waals surface area contributed by atoms with E-state index in [0.717, 1.165) is 12.0 Å². The van der Waals surface area contributed by atoms with Crippen LogP contribution in [0.15, 0.2) is 30.3 Å². The molecular weight excluding hydrogens is 332 g/mol. The Balaban J connectivity index is 2.03. The Labute approximate surface area is 153 Å². The molecule has 0 saturated heterocycles. The van der Waals surface area contributed by atoms with Crippen molar-refractivity contribution < 1.29 is 19.4 Å². The molecule has 0 aliphatic heterocycles. The fourth-order valence-corrected chi connectivity index (χ4v) is 4.50. The van der Waals surface area contributed by atoms with Crippen LogP contribution in [0.2, 0.25) is 18.1 Å². The summed E-state index contributed by atoms with van der Waals surface area (Å²) >= 11 is 0. The van der Waals surface area contributed by atoms with Gasteiger partial charge in [-0.15, -0.1) is 0 Å². The van der Waals surface area contributed by atoms with Crippen molar-refractivity contribution in [2.75, 3.05) is 6.61 Å². The second-order valence-electron chi connectivity index (χ2n) is 8.72. The second-order valence-corrected chi connectivity index (χ2v) is 13.5. The Hall–Kier alpha value is -0.723. The summed E-state index contributed by atoms with van der Waals surface area (Å²) in [5.41, 5.74) is 1.10. The van der Waals surface area contributed by atoms with Gasteiger partial charge in [-0.3, -0.25) is 0 Å². The molecule has 0 amide bonds. The Morgan fingerprint density at radius 2 is 1.76 bits per heavy atom. The molecule has 4 atom stereocenters. The van der Waals surface area contributed by atoms with Crippen LogP contribution in [-0.4, -0.2) is 43.4 Å². The van der Waals surface area contributed by atoms with Crippen molar-refractivity contribution in [2.45, 2.75) is 76.7 Å². The smallest absolute Gasteiger partial charge is 0.192 e. The van der Waals surface area contributed by atoms with E-state index in [4.69, 9.17) is 9.16 Å². The van der Waals surface area contributed by atoms with Gasteiger partial charge in [0.1, 0.15) is 0 Å². The number of aliphatic hydroxyl groups is 2. The largest absolute Gasteiger partial charge is 0.414 e. The summed E-state index contributed by atoms with van der Waals surface area (Å²) in [6.45, 7) is 11.6. The van der Waals surface area contributed by atoms with E-state index in [0.29, 0.717) is 13.0 Å². The highest BCUT2D eigenvalue weighted by molar-refractivity contribution is 6.74. The first kappa shape index (κ1) is 20.6. The topological polar surface area (TPSA) is 58.9 Å². The van der Waals surface area contributed by atoms with Gasteiger partial charge in [0, 0.05) is 12.0 Å². The molecule has 142 valence electrons. The summed E-state index contributed by atoms with van der Waals surface area (Å²) in [5, 5.41) is 20.3. The normalized spacial score (nSPS) is 28.1. The number of hydrogen-bond acceptors (Lipinski definition) is 4. The van der Waals surface area contributed by atoms with Crippen molar-refractivity contribution in [3.05, 3.63) is 35.9 Å². The fourth-order valence-electron chi connectivity index (χ4n) is 3.12. The highest BCUT2D eigenvalue weighted by atomic mass is 28.4. The molecular formula is C20H34O4Si. The predicted molar refractivity (Wildman–Crippen MR) is 103 cm³/mol. The zero-order chi connectivity index (χ0) is 18.7. The van der Waals surface area contributed by atoms with Crippen LogP contribution in [-0.2, 0) is 15.8 Å². The number of aliphatic hydroxyl groups excluding tert-OH is 2. The Morgan fingerprint density at radius 3 is 2.32 bits per heavy atom. The van der Waals surface area contributed by atoms with E-state index in [1.54, 1.807) is 0 Å². The number of ether oxygens (including phenoxy) is 1. The van der Waals surface area contributed by atoms with Gasteiger partial charge < -0.3 is 19.4 Å². The molecule has 0 unspecified atom stereocenters. The van der Waals surface area contributed by atoms with E-state index < -0.39 is 14.4 Å². The van der Waals surface area contributed by atoms with Crippen LogP contribution in [0.1, 0.15) is 39.2 Å². The second kappa shape index (κ2) is 8.31. The maximum absolute atomic E-state index is 10.5. The quantitative estimate of drug-likeness (QED) is 0.753. The molecule has 0 radical (unpaired) electrons. The summed E-state index contributed by atoms with van der Waals surface area (Å²) in [4.78, 5) is 0. The molecule has 2 N–H and O–H groups in total. The molecule has 1 aliphatic rings. The minimum Gasteiger partial charge on any atom is -0.414 e.